The highest BCUT2D eigenvalue weighted by Gasteiger charge is 2.43. The molecule has 1 aliphatic heterocycles. The summed E-state index contributed by atoms with van der Waals surface area (Å²) in [5.41, 5.74) is -0.762. The summed E-state index contributed by atoms with van der Waals surface area (Å²) in [6.45, 7) is 8.08. The van der Waals surface area contributed by atoms with Gasteiger partial charge in [-0.2, -0.15) is 0 Å². The molecular formula is C10H19O4P. The van der Waals surface area contributed by atoms with Gasteiger partial charge in [0.05, 0.1) is 13.2 Å². The summed E-state index contributed by atoms with van der Waals surface area (Å²) in [5.74, 6) is -0.0713. The predicted molar refractivity (Wildman–Crippen MR) is 58.1 cm³/mol. The molecule has 0 aromatic heterocycles. The van der Waals surface area contributed by atoms with Crippen LogP contribution in [0.3, 0.4) is 0 Å². The molecule has 1 unspecified atom stereocenters. The van der Waals surface area contributed by atoms with Gasteiger partial charge in [0.2, 0.25) is 0 Å². The lowest BCUT2D eigenvalue weighted by Crippen LogP contribution is -2.33. The molecule has 0 amide bonds. The molecule has 0 spiro atoms. The topological polar surface area (TPSA) is 52.6 Å². The lowest BCUT2D eigenvalue weighted by atomic mass is 9.97. The number of carbonyl (C=O) groups excluding carboxylic acids is 1. The van der Waals surface area contributed by atoms with E-state index in [4.69, 9.17) is 9.05 Å². The zero-order valence-electron chi connectivity index (χ0n) is 9.78. The van der Waals surface area contributed by atoms with Crippen LogP contribution in [0.25, 0.3) is 0 Å². The van der Waals surface area contributed by atoms with Gasteiger partial charge in [-0.1, -0.05) is 20.8 Å². The molecule has 1 atom stereocenters. The summed E-state index contributed by atoms with van der Waals surface area (Å²) >= 11 is 0. The number of hydrogen-bond acceptors (Lipinski definition) is 4. The number of hydrogen-bond donors (Lipinski definition) is 0. The SMILES string of the molecule is CCC(=O)C(C)P1(=O)OCC(C)(C)CO1. The first kappa shape index (κ1) is 12.9. The van der Waals surface area contributed by atoms with E-state index in [1.807, 2.05) is 13.8 Å². The quantitative estimate of drug-likeness (QED) is 0.704. The first-order chi connectivity index (χ1) is 6.81. The second-order valence-corrected chi connectivity index (χ2v) is 7.12. The van der Waals surface area contributed by atoms with Crippen LogP contribution in [0.4, 0.5) is 0 Å². The van der Waals surface area contributed by atoms with Crippen LogP contribution in [-0.4, -0.2) is 24.7 Å². The Balaban J connectivity index is 2.70. The van der Waals surface area contributed by atoms with Crippen molar-refractivity contribution in [3.8, 4) is 0 Å². The van der Waals surface area contributed by atoms with Gasteiger partial charge in [0.1, 0.15) is 11.4 Å². The molecule has 0 aliphatic carbocycles. The van der Waals surface area contributed by atoms with E-state index in [0.29, 0.717) is 19.6 Å². The second kappa shape index (κ2) is 4.36. The summed E-state index contributed by atoms with van der Waals surface area (Å²) in [5, 5.41) is 0. The van der Waals surface area contributed by atoms with Crippen molar-refractivity contribution < 1.29 is 18.4 Å². The highest BCUT2D eigenvalue weighted by Crippen LogP contribution is 2.57. The molecule has 88 valence electrons. The van der Waals surface area contributed by atoms with Gasteiger partial charge in [-0.15, -0.1) is 0 Å². The fourth-order valence-electron chi connectivity index (χ4n) is 1.30. The summed E-state index contributed by atoms with van der Waals surface area (Å²) in [7, 11) is -3.21. The normalized spacial score (nSPS) is 25.9. The van der Waals surface area contributed by atoms with Crippen molar-refractivity contribution in [1.29, 1.82) is 0 Å². The second-order valence-electron chi connectivity index (χ2n) is 4.75. The molecule has 4 nitrogen and oxygen atoms in total. The van der Waals surface area contributed by atoms with E-state index in [1.165, 1.54) is 0 Å². The minimum Gasteiger partial charge on any atom is -0.307 e. The summed E-state index contributed by atoms with van der Waals surface area (Å²) < 4.78 is 22.7. The van der Waals surface area contributed by atoms with Crippen LogP contribution in [0.15, 0.2) is 0 Å². The smallest absolute Gasteiger partial charge is 0.307 e. The first-order valence-electron chi connectivity index (χ1n) is 5.22. The van der Waals surface area contributed by atoms with E-state index in [9.17, 15) is 9.36 Å². The Bertz CT molecular complexity index is 284. The number of ketones is 1. The minimum absolute atomic E-state index is 0.0713. The number of rotatable bonds is 3. The van der Waals surface area contributed by atoms with Gasteiger partial charge in [0, 0.05) is 11.8 Å². The van der Waals surface area contributed by atoms with Gasteiger partial charge >= 0.3 is 7.60 Å². The molecule has 1 fully saturated rings. The van der Waals surface area contributed by atoms with Gasteiger partial charge in [0.15, 0.2) is 0 Å². The zero-order chi connectivity index (χ0) is 11.7. The van der Waals surface area contributed by atoms with E-state index in [2.05, 4.69) is 0 Å². The summed E-state index contributed by atoms with van der Waals surface area (Å²) in [4.78, 5) is 11.4. The van der Waals surface area contributed by atoms with Gasteiger partial charge in [-0.25, -0.2) is 0 Å². The van der Waals surface area contributed by atoms with Gasteiger partial charge in [-0.05, 0) is 6.92 Å². The molecule has 1 heterocycles. The van der Waals surface area contributed by atoms with Crippen LogP contribution in [0.5, 0.6) is 0 Å². The fourth-order valence-corrected chi connectivity index (χ4v) is 3.42. The molecule has 0 bridgehead atoms. The van der Waals surface area contributed by atoms with Crippen molar-refractivity contribution in [3.63, 3.8) is 0 Å². The Hall–Kier alpha value is -0.180. The van der Waals surface area contributed by atoms with E-state index >= 15 is 0 Å². The van der Waals surface area contributed by atoms with Crippen molar-refractivity contribution in [2.75, 3.05) is 13.2 Å². The van der Waals surface area contributed by atoms with Crippen LogP contribution >= 0.6 is 7.60 Å². The van der Waals surface area contributed by atoms with Gasteiger partial charge < -0.3 is 9.05 Å². The van der Waals surface area contributed by atoms with Crippen LogP contribution in [-0.2, 0) is 18.4 Å². The maximum atomic E-state index is 12.2. The number of Topliss-reactive ketones (excluding diaryl/α,β-unsaturated/α-hetero) is 1. The predicted octanol–water partition coefficient (Wildman–Crippen LogP) is 2.62. The van der Waals surface area contributed by atoms with Crippen molar-refractivity contribution in [2.24, 2.45) is 5.41 Å². The van der Waals surface area contributed by atoms with Gasteiger partial charge in [0.25, 0.3) is 0 Å². The van der Waals surface area contributed by atoms with E-state index < -0.39 is 13.3 Å². The Morgan fingerprint density at radius 3 is 2.27 bits per heavy atom. The third kappa shape index (κ3) is 2.90. The summed E-state index contributed by atoms with van der Waals surface area (Å²) in [6.07, 6.45) is 0.362. The standard InChI is InChI=1S/C10H19O4P/c1-5-9(11)8(2)15(12)13-6-10(3,4)7-14-15/h8H,5-7H2,1-4H3. The molecule has 0 radical (unpaired) electrons. The Morgan fingerprint density at radius 1 is 1.40 bits per heavy atom. The molecule has 1 saturated heterocycles. The van der Waals surface area contributed by atoms with Crippen molar-refractivity contribution >= 4 is 13.4 Å². The Morgan fingerprint density at radius 2 is 1.87 bits per heavy atom. The van der Waals surface area contributed by atoms with Crippen LogP contribution in [0.1, 0.15) is 34.1 Å². The van der Waals surface area contributed by atoms with Crippen molar-refractivity contribution in [2.45, 2.75) is 39.8 Å². The molecule has 15 heavy (non-hydrogen) atoms. The molecular weight excluding hydrogens is 215 g/mol. The minimum atomic E-state index is -3.21. The first-order valence-corrected chi connectivity index (χ1v) is 6.83. The molecule has 0 saturated carbocycles. The monoisotopic (exact) mass is 234 g/mol. The zero-order valence-corrected chi connectivity index (χ0v) is 10.7. The van der Waals surface area contributed by atoms with E-state index in [0.717, 1.165) is 0 Å². The van der Waals surface area contributed by atoms with E-state index in [-0.39, 0.29) is 11.2 Å². The fraction of sp³-hybridized carbons (Fsp3) is 0.900. The van der Waals surface area contributed by atoms with Crippen molar-refractivity contribution in [1.82, 2.24) is 0 Å². The Kier molecular flexibility index (Phi) is 3.75. The third-order valence-electron chi connectivity index (χ3n) is 2.56. The highest BCUT2D eigenvalue weighted by molar-refractivity contribution is 7.55. The number of carbonyl (C=O) groups is 1. The highest BCUT2D eigenvalue weighted by atomic mass is 31.2. The molecule has 1 rings (SSSR count). The lowest BCUT2D eigenvalue weighted by Gasteiger charge is -2.35. The van der Waals surface area contributed by atoms with Gasteiger partial charge in [-0.3, -0.25) is 9.36 Å². The third-order valence-corrected chi connectivity index (χ3v) is 4.77. The molecule has 0 aromatic carbocycles. The lowest BCUT2D eigenvalue weighted by molar-refractivity contribution is -0.118. The average molecular weight is 234 g/mol. The van der Waals surface area contributed by atoms with E-state index in [1.54, 1.807) is 13.8 Å². The summed E-state index contributed by atoms with van der Waals surface area (Å²) in [6, 6.07) is 0. The average Bonchev–Trinajstić information content (AvgIpc) is 2.21. The molecule has 1 aliphatic rings. The van der Waals surface area contributed by atoms with Crippen LogP contribution in [0.2, 0.25) is 0 Å². The Labute approximate surface area is 90.9 Å². The molecule has 0 N–H and O–H groups in total. The maximum absolute atomic E-state index is 12.2. The maximum Gasteiger partial charge on any atom is 0.340 e. The van der Waals surface area contributed by atoms with Crippen LogP contribution in [0, 0.1) is 5.41 Å². The molecule has 5 heteroatoms. The largest absolute Gasteiger partial charge is 0.340 e. The van der Waals surface area contributed by atoms with Crippen LogP contribution < -0.4 is 0 Å². The molecule has 0 aromatic rings. The van der Waals surface area contributed by atoms with Crippen molar-refractivity contribution in [3.05, 3.63) is 0 Å².